The molecule has 4 amide bonds. The lowest BCUT2D eigenvalue weighted by molar-refractivity contribution is -0.138. The van der Waals surface area contributed by atoms with Crippen LogP contribution in [0.5, 0.6) is 0 Å². The molecule has 1 fully saturated rings. The van der Waals surface area contributed by atoms with Gasteiger partial charge in [0.05, 0.1) is 31.1 Å². The monoisotopic (exact) mass is 858 g/mol. The average Bonchev–Trinajstić information content (AvgIpc) is 3.86. The lowest BCUT2D eigenvalue weighted by atomic mass is 9.87. The molecule has 60 heavy (non-hydrogen) atoms. The minimum Gasteiger partial charge on any atom is -0.394 e. The quantitative estimate of drug-likeness (QED) is 0.0534. The maximum atomic E-state index is 14.1. The third-order valence-corrected chi connectivity index (χ3v) is 12.3. The number of aromatic nitrogens is 2. The number of hydrogen-bond donors (Lipinski definition) is 6. The zero-order chi connectivity index (χ0) is 44.4. The van der Waals surface area contributed by atoms with Crippen LogP contribution in [-0.4, -0.2) is 102 Å². The summed E-state index contributed by atoms with van der Waals surface area (Å²) >= 11 is 0. The molecule has 1 saturated heterocycles. The van der Waals surface area contributed by atoms with Crippen molar-refractivity contribution in [1.29, 1.82) is 0 Å². The molecule has 1 aromatic carbocycles. The number of nitrogens with two attached hydrogens (primary N) is 1. The smallest absolute Gasteiger partial charge is 0.325 e. The van der Waals surface area contributed by atoms with Crippen LogP contribution in [0, 0.1) is 23.7 Å². The fourth-order valence-corrected chi connectivity index (χ4v) is 8.97. The van der Waals surface area contributed by atoms with Gasteiger partial charge in [-0.05, 0) is 55.9 Å². The molecule has 17 heteroatoms. The summed E-state index contributed by atoms with van der Waals surface area (Å²) in [6.45, 7) is 6.78. The summed E-state index contributed by atoms with van der Waals surface area (Å²) in [6.07, 6.45) is 10.4. The summed E-state index contributed by atoms with van der Waals surface area (Å²) in [5, 5.41) is 15.6. The number of aryl methyl sites for hydroxylation is 2. The van der Waals surface area contributed by atoms with Crippen LogP contribution in [-0.2, 0) is 52.7 Å². The SMILES string of the molecule is CC(=O)N1CCC[C@H]1C(=O)N[C@@H](CC(C)C)C(=O)C[C@@H](Cc1cncn1CCCCCCCCc1ccccc1)C(=O)N[C@@H](CO)C(=O)C[C@@H](C(N)=O)[C@H](C)CP(=O)(O)O. The predicted molar refractivity (Wildman–Crippen MR) is 226 cm³/mol. The molecule has 1 aliphatic heterocycles. The van der Waals surface area contributed by atoms with Gasteiger partial charge in [-0.2, -0.15) is 0 Å². The van der Waals surface area contributed by atoms with E-state index in [9.17, 15) is 48.2 Å². The second-order valence-corrected chi connectivity index (χ2v) is 18.5. The fraction of sp³-hybridized carbons (Fsp3) is 0.651. The molecule has 0 bridgehead atoms. The van der Waals surface area contributed by atoms with Crippen LogP contribution in [0.3, 0.4) is 0 Å². The van der Waals surface area contributed by atoms with E-state index in [0.717, 1.165) is 44.9 Å². The van der Waals surface area contributed by atoms with Crippen LogP contribution in [0.1, 0.15) is 110 Å². The molecule has 6 atom stereocenters. The van der Waals surface area contributed by atoms with E-state index in [1.807, 2.05) is 24.5 Å². The Bertz CT molecular complexity index is 1760. The molecule has 2 aromatic rings. The van der Waals surface area contributed by atoms with Crippen molar-refractivity contribution in [2.24, 2.45) is 29.4 Å². The molecule has 0 aliphatic carbocycles. The summed E-state index contributed by atoms with van der Waals surface area (Å²) in [6, 6.07) is 7.22. The van der Waals surface area contributed by atoms with Gasteiger partial charge < -0.3 is 40.7 Å². The van der Waals surface area contributed by atoms with Crippen LogP contribution >= 0.6 is 7.60 Å². The van der Waals surface area contributed by atoms with Crippen molar-refractivity contribution in [2.75, 3.05) is 19.3 Å². The van der Waals surface area contributed by atoms with Gasteiger partial charge in [-0.1, -0.05) is 76.8 Å². The number of nitrogens with one attached hydrogen (secondary N) is 2. The Kier molecular flexibility index (Phi) is 20.8. The maximum absolute atomic E-state index is 14.1. The van der Waals surface area contributed by atoms with Crippen LogP contribution in [0.4, 0.5) is 0 Å². The predicted octanol–water partition coefficient (Wildman–Crippen LogP) is 3.48. The van der Waals surface area contributed by atoms with Crippen molar-refractivity contribution in [2.45, 2.75) is 136 Å². The highest BCUT2D eigenvalue weighted by Crippen LogP contribution is 2.39. The van der Waals surface area contributed by atoms with Crippen LogP contribution < -0.4 is 16.4 Å². The van der Waals surface area contributed by atoms with Crippen molar-refractivity contribution in [1.82, 2.24) is 25.1 Å². The summed E-state index contributed by atoms with van der Waals surface area (Å²) in [5.41, 5.74) is 7.51. The molecule has 334 valence electrons. The molecular weight excluding hydrogens is 791 g/mol. The Labute approximate surface area is 354 Å². The summed E-state index contributed by atoms with van der Waals surface area (Å²) < 4.78 is 13.6. The number of likely N-dealkylation sites (tertiary alicyclic amines) is 1. The summed E-state index contributed by atoms with van der Waals surface area (Å²) in [4.78, 5) is 104. The number of aliphatic hydroxyl groups is 1. The molecule has 0 saturated carbocycles. The lowest BCUT2D eigenvalue weighted by Gasteiger charge is -2.27. The Hall–Kier alpha value is -4.24. The molecule has 0 spiro atoms. The average molecular weight is 859 g/mol. The van der Waals surface area contributed by atoms with Crippen molar-refractivity contribution < 1.29 is 48.2 Å². The van der Waals surface area contributed by atoms with Gasteiger partial charge in [-0.3, -0.25) is 33.3 Å². The number of ketones is 2. The Morgan fingerprint density at radius 1 is 0.917 bits per heavy atom. The number of unbranched alkanes of at least 4 members (excludes halogenated alkanes) is 5. The number of benzene rings is 1. The van der Waals surface area contributed by atoms with Crippen molar-refractivity contribution in [3.8, 4) is 0 Å². The van der Waals surface area contributed by atoms with Gasteiger partial charge in [0.1, 0.15) is 12.1 Å². The standard InChI is InChI=1S/C43H67N6O10P/c1-29(2)21-36(46-43(56)38-18-14-20-49(38)31(4)51)39(52)23-33(42(55)47-37(26-50)40(53)24-35(41(44)54)30(3)27-60(57,58)59)22-34-25-45-28-48(34)19-13-8-6-5-7-10-15-32-16-11-9-12-17-32/h9,11-12,16-17,25,28-30,33,35-38,50H,5-8,10,13-15,18-24,26-27H2,1-4H3,(H2,44,54)(H,46,56)(H,47,55)(H2,57,58,59)/t30-,33-,35-,36+,37+,38+/m1/s1. The Balaban J connectivity index is 1.76. The van der Waals surface area contributed by atoms with Gasteiger partial charge in [0.25, 0.3) is 0 Å². The minimum absolute atomic E-state index is 0.0214. The first-order chi connectivity index (χ1) is 28.4. The zero-order valence-corrected chi connectivity index (χ0v) is 36.6. The number of nitrogens with zero attached hydrogens (tertiary/aromatic N) is 3. The number of aliphatic hydroxyl groups excluding tert-OH is 1. The minimum atomic E-state index is -4.56. The van der Waals surface area contributed by atoms with Gasteiger partial charge in [-0.25, -0.2) is 4.98 Å². The van der Waals surface area contributed by atoms with E-state index in [1.165, 1.54) is 24.3 Å². The number of hydrogen-bond acceptors (Lipinski definition) is 9. The first-order valence-corrected chi connectivity index (χ1v) is 23.1. The zero-order valence-electron chi connectivity index (χ0n) is 35.7. The highest BCUT2D eigenvalue weighted by molar-refractivity contribution is 7.51. The molecule has 0 radical (unpaired) electrons. The van der Waals surface area contributed by atoms with E-state index in [4.69, 9.17) is 5.73 Å². The molecule has 0 unspecified atom stereocenters. The number of imidazole rings is 1. The summed E-state index contributed by atoms with van der Waals surface area (Å²) in [5.74, 6) is -6.94. The number of amides is 4. The third-order valence-electron chi connectivity index (χ3n) is 11.3. The first-order valence-electron chi connectivity index (χ1n) is 21.3. The molecular formula is C43H67N6O10P. The Morgan fingerprint density at radius 2 is 1.57 bits per heavy atom. The molecule has 1 aliphatic rings. The van der Waals surface area contributed by atoms with Crippen molar-refractivity contribution in [3.63, 3.8) is 0 Å². The number of rotatable bonds is 28. The molecule has 3 rings (SSSR count). The van der Waals surface area contributed by atoms with E-state index < -0.39 is 92.0 Å². The van der Waals surface area contributed by atoms with Crippen LogP contribution in [0.25, 0.3) is 0 Å². The molecule has 2 heterocycles. The van der Waals surface area contributed by atoms with Gasteiger partial charge >= 0.3 is 7.60 Å². The van der Waals surface area contributed by atoms with Gasteiger partial charge in [0, 0.05) is 57.1 Å². The largest absolute Gasteiger partial charge is 0.394 e. The first kappa shape index (κ1) is 50.1. The number of carbonyl (C=O) groups excluding carboxylic acids is 6. The van der Waals surface area contributed by atoms with Crippen LogP contribution in [0.15, 0.2) is 42.9 Å². The number of Topliss-reactive ketones (excluding diaryl/α,β-unsaturated/α-hetero) is 2. The van der Waals surface area contributed by atoms with Gasteiger partial charge in [0.2, 0.25) is 23.6 Å². The highest BCUT2D eigenvalue weighted by atomic mass is 31.2. The third kappa shape index (κ3) is 17.0. The topological polar surface area (TPSA) is 251 Å². The van der Waals surface area contributed by atoms with E-state index >= 15 is 0 Å². The van der Waals surface area contributed by atoms with E-state index in [-0.39, 0.29) is 31.1 Å². The second-order valence-electron chi connectivity index (χ2n) is 16.8. The van der Waals surface area contributed by atoms with E-state index in [0.29, 0.717) is 31.6 Å². The van der Waals surface area contributed by atoms with E-state index in [2.05, 4.69) is 39.9 Å². The molecule has 7 N–H and O–H groups in total. The number of primary amides is 1. The van der Waals surface area contributed by atoms with Crippen molar-refractivity contribution >= 4 is 42.8 Å². The van der Waals surface area contributed by atoms with Gasteiger partial charge in [0.15, 0.2) is 11.6 Å². The maximum Gasteiger partial charge on any atom is 0.325 e. The van der Waals surface area contributed by atoms with Crippen molar-refractivity contribution in [3.05, 3.63) is 54.1 Å². The highest BCUT2D eigenvalue weighted by Gasteiger charge is 2.37. The summed E-state index contributed by atoms with van der Waals surface area (Å²) in [7, 11) is -4.56. The number of carbonyl (C=O) groups is 6. The van der Waals surface area contributed by atoms with Gasteiger partial charge in [-0.15, -0.1) is 0 Å². The normalized spacial score (nSPS) is 16.8. The Morgan fingerprint density at radius 3 is 2.18 bits per heavy atom. The second kappa shape index (κ2) is 24.9. The fourth-order valence-electron chi connectivity index (χ4n) is 7.97. The van der Waals surface area contributed by atoms with E-state index in [1.54, 1.807) is 12.5 Å². The molecule has 16 nitrogen and oxygen atoms in total. The van der Waals surface area contributed by atoms with Crippen LogP contribution in [0.2, 0.25) is 0 Å². The molecule has 1 aromatic heterocycles. The lowest BCUT2D eigenvalue weighted by Crippen LogP contribution is -2.52.